The highest BCUT2D eigenvalue weighted by molar-refractivity contribution is 5.93. The van der Waals surface area contributed by atoms with Gasteiger partial charge in [-0.1, -0.05) is 33.1 Å². The van der Waals surface area contributed by atoms with Gasteiger partial charge in [0.05, 0.1) is 5.56 Å². The smallest absolute Gasteiger partial charge is 0.254 e. The van der Waals surface area contributed by atoms with Crippen molar-refractivity contribution in [2.75, 3.05) is 18.4 Å². The largest absolute Gasteiger partial charge is 0.354 e. The second kappa shape index (κ2) is 9.30. The summed E-state index contributed by atoms with van der Waals surface area (Å²) in [7, 11) is 0. The van der Waals surface area contributed by atoms with Crippen molar-refractivity contribution < 1.29 is 4.79 Å². The van der Waals surface area contributed by atoms with Gasteiger partial charge in [0.15, 0.2) is 0 Å². The third-order valence-corrected chi connectivity index (χ3v) is 2.79. The molecule has 106 valence electrons. The lowest BCUT2D eigenvalue weighted by atomic mass is 10.2. The first-order chi connectivity index (χ1) is 9.27. The number of hydrogen-bond donors (Lipinski definition) is 2. The minimum Gasteiger partial charge on any atom is -0.354 e. The molecule has 0 fully saturated rings. The van der Waals surface area contributed by atoms with E-state index in [4.69, 9.17) is 0 Å². The number of nitrogens with zero attached hydrogens (tertiary/aromatic N) is 2. The van der Waals surface area contributed by atoms with Crippen LogP contribution in [-0.2, 0) is 0 Å². The van der Waals surface area contributed by atoms with Crippen LogP contribution in [0.25, 0.3) is 0 Å². The molecule has 0 radical (unpaired) electrons. The van der Waals surface area contributed by atoms with Crippen molar-refractivity contribution in [1.82, 2.24) is 15.3 Å². The van der Waals surface area contributed by atoms with Crippen LogP contribution in [0.1, 0.15) is 56.3 Å². The van der Waals surface area contributed by atoms with Gasteiger partial charge in [0.2, 0.25) is 5.95 Å². The van der Waals surface area contributed by atoms with Gasteiger partial charge in [0.25, 0.3) is 5.91 Å². The van der Waals surface area contributed by atoms with Gasteiger partial charge in [-0.05, 0) is 12.8 Å². The van der Waals surface area contributed by atoms with Crippen molar-refractivity contribution in [3.63, 3.8) is 0 Å². The van der Waals surface area contributed by atoms with E-state index in [1.165, 1.54) is 12.8 Å². The van der Waals surface area contributed by atoms with Crippen molar-refractivity contribution >= 4 is 11.9 Å². The van der Waals surface area contributed by atoms with Crippen molar-refractivity contribution in [2.24, 2.45) is 0 Å². The summed E-state index contributed by atoms with van der Waals surface area (Å²) in [4.78, 5) is 20.0. The topological polar surface area (TPSA) is 66.9 Å². The van der Waals surface area contributed by atoms with Gasteiger partial charge < -0.3 is 10.6 Å². The number of carbonyl (C=O) groups excluding carboxylic acids is 1. The van der Waals surface area contributed by atoms with Gasteiger partial charge in [-0.25, -0.2) is 9.97 Å². The highest BCUT2D eigenvalue weighted by Crippen LogP contribution is 2.02. The fraction of sp³-hybridized carbons (Fsp3) is 0.643. The van der Waals surface area contributed by atoms with Crippen LogP contribution in [0.2, 0.25) is 0 Å². The second-order valence-corrected chi connectivity index (χ2v) is 4.54. The number of carbonyl (C=O) groups is 1. The minimum atomic E-state index is -0.106. The second-order valence-electron chi connectivity index (χ2n) is 4.54. The third kappa shape index (κ3) is 6.18. The van der Waals surface area contributed by atoms with Crippen LogP contribution in [-0.4, -0.2) is 29.0 Å². The summed E-state index contributed by atoms with van der Waals surface area (Å²) in [6.07, 6.45) is 8.69. The van der Waals surface area contributed by atoms with Crippen molar-refractivity contribution in [3.05, 3.63) is 18.0 Å². The van der Waals surface area contributed by atoms with Crippen LogP contribution >= 0.6 is 0 Å². The first-order valence-corrected chi connectivity index (χ1v) is 7.12. The van der Waals surface area contributed by atoms with Gasteiger partial charge in [0.1, 0.15) is 0 Å². The summed E-state index contributed by atoms with van der Waals surface area (Å²) in [6.45, 7) is 5.83. The molecule has 1 amide bonds. The maximum Gasteiger partial charge on any atom is 0.254 e. The van der Waals surface area contributed by atoms with Crippen molar-refractivity contribution in [1.29, 1.82) is 0 Å². The number of aromatic nitrogens is 2. The first kappa shape index (κ1) is 15.4. The number of nitrogens with one attached hydrogen (secondary N) is 2. The molecular weight excluding hydrogens is 240 g/mol. The van der Waals surface area contributed by atoms with Crippen LogP contribution in [0.15, 0.2) is 12.4 Å². The molecule has 1 rings (SSSR count). The molecule has 5 nitrogen and oxygen atoms in total. The number of rotatable bonds is 9. The molecule has 0 aliphatic heterocycles. The summed E-state index contributed by atoms with van der Waals surface area (Å²) < 4.78 is 0. The molecule has 0 atom stereocenters. The molecular formula is C14H24N4O. The van der Waals surface area contributed by atoms with E-state index in [2.05, 4.69) is 34.4 Å². The lowest BCUT2D eigenvalue weighted by Gasteiger charge is -2.06. The standard InChI is InChI=1S/C14H24N4O/c1-3-5-7-9-16-14-17-10-12(11-18-14)13(19)15-8-6-4-2/h10-11H,3-9H2,1-2H3,(H,15,19)(H,16,17,18). The Morgan fingerprint density at radius 3 is 2.37 bits per heavy atom. The Balaban J connectivity index is 2.36. The van der Waals surface area contributed by atoms with Gasteiger partial charge in [-0.15, -0.1) is 0 Å². The van der Waals surface area contributed by atoms with E-state index >= 15 is 0 Å². The molecule has 0 unspecified atom stereocenters. The summed E-state index contributed by atoms with van der Waals surface area (Å²) in [5, 5.41) is 5.98. The molecule has 0 aliphatic rings. The number of anilines is 1. The Labute approximate surface area is 115 Å². The molecule has 1 aromatic heterocycles. The average Bonchev–Trinajstić information content (AvgIpc) is 2.44. The lowest BCUT2D eigenvalue weighted by molar-refractivity contribution is 0.0952. The first-order valence-electron chi connectivity index (χ1n) is 7.12. The summed E-state index contributed by atoms with van der Waals surface area (Å²) in [5.74, 6) is 0.479. The van der Waals surface area contributed by atoms with E-state index in [9.17, 15) is 4.79 Å². The highest BCUT2D eigenvalue weighted by atomic mass is 16.1. The molecule has 0 saturated heterocycles. The molecule has 0 spiro atoms. The van der Waals surface area contributed by atoms with Crippen molar-refractivity contribution in [3.8, 4) is 0 Å². The molecule has 0 aromatic carbocycles. The van der Waals surface area contributed by atoms with Crippen LogP contribution in [0.4, 0.5) is 5.95 Å². The highest BCUT2D eigenvalue weighted by Gasteiger charge is 2.05. The zero-order valence-electron chi connectivity index (χ0n) is 11.9. The summed E-state index contributed by atoms with van der Waals surface area (Å²) >= 11 is 0. The van der Waals surface area contributed by atoms with Crippen LogP contribution < -0.4 is 10.6 Å². The van der Waals surface area contributed by atoms with E-state index in [1.54, 1.807) is 12.4 Å². The molecule has 0 bridgehead atoms. The molecule has 0 saturated carbocycles. The van der Waals surface area contributed by atoms with E-state index in [1.807, 2.05) is 0 Å². The monoisotopic (exact) mass is 264 g/mol. The Morgan fingerprint density at radius 2 is 1.74 bits per heavy atom. The molecule has 19 heavy (non-hydrogen) atoms. The molecule has 5 heteroatoms. The Morgan fingerprint density at radius 1 is 1.05 bits per heavy atom. The molecule has 1 heterocycles. The third-order valence-electron chi connectivity index (χ3n) is 2.79. The predicted molar refractivity (Wildman–Crippen MR) is 77.3 cm³/mol. The normalized spacial score (nSPS) is 10.2. The average molecular weight is 264 g/mol. The number of amides is 1. The lowest BCUT2D eigenvalue weighted by Crippen LogP contribution is -2.24. The summed E-state index contributed by atoms with van der Waals surface area (Å²) in [5.41, 5.74) is 0.509. The number of unbranched alkanes of at least 4 members (excludes halogenated alkanes) is 3. The molecule has 1 aromatic rings. The zero-order chi connectivity index (χ0) is 13.9. The minimum absolute atomic E-state index is 0.106. The van der Waals surface area contributed by atoms with Crippen LogP contribution in [0.3, 0.4) is 0 Å². The van der Waals surface area contributed by atoms with Crippen LogP contribution in [0.5, 0.6) is 0 Å². The van der Waals surface area contributed by atoms with E-state index in [0.29, 0.717) is 18.1 Å². The Hall–Kier alpha value is -1.65. The SMILES string of the molecule is CCCCCNc1ncc(C(=O)NCCCC)cn1. The predicted octanol–water partition coefficient (Wildman–Crippen LogP) is 2.61. The van der Waals surface area contributed by atoms with Gasteiger partial charge in [-0.3, -0.25) is 4.79 Å². The molecule has 2 N–H and O–H groups in total. The Kier molecular flexibility index (Phi) is 7.54. The van der Waals surface area contributed by atoms with Crippen LogP contribution in [0, 0.1) is 0 Å². The summed E-state index contributed by atoms with van der Waals surface area (Å²) in [6, 6.07) is 0. The fourth-order valence-electron chi connectivity index (χ4n) is 1.59. The van der Waals surface area contributed by atoms with E-state index in [-0.39, 0.29) is 5.91 Å². The quantitative estimate of drug-likeness (QED) is 0.673. The maximum absolute atomic E-state index is 11.7. The zero-order valence-corrected chi connectivity index (χ0v) is 11.9. The Bertz CT molecular complexity index is 364. The number of hydrogen-bond acceptors (Lipinski definition) is 4. The van der Waals surface area contributed by atoms with Crippen molar-refractivity contribution in [2.45, 2.75) is 46.0 Å². The van der Waals surface area contributed by atoms with Gasteiger partial charge in [-0.2, -0.15) is 0 Å². The molecule has 0 aliphatic carbocycles. The fourth-order valence-corrected chi connectivity index (χ4v) is 1.59. The van der Waals surface area contributed by atoms with E-state index in [0.717, 1.165) is 25.8 Å². The van der Waals surface area contributed by atoms with Gasteiger partial charge in [0, 0.05) is 25.5 Å². The van der Waals surface area contributed by atoms with Gasteiger partial charge >= 0.3 is 0 Å². The van der Waals surface area contributed by atoms with E-state index < -0.39 is 0 Å². The maximum atomic E-state index is 11.7.